The summed E-state index contributed by atoms with van der Waals surface area (Å²) in [7, 11) is 0. The van der Waals surface area contributed by atoms with Crippen molar-refractivity contribution in [1.29, 1.82) is 0 Å². The van der Waals surface area contributed by atoms with Gasteiger partial charge in [-0.3, -0.25) is 9.78 Å². The standard InChI is InChI=1S/C9H12N2O/c1-3-8-4-5-10-6-9(8)11-7(2)12/h4-6H,3H2,1-2H3,(H,11,12). The van der Waals surface area contributed by atoms with E-state index in [1.807, 2.05) is 13.0 Å². The molecule has 1 rings (SSSR count). The number of hydrogen-bond donors (Lipinski definition) is 1. The number of aryl methyl sites for hydroxylation is 1. The Morgan fingerprint density at radius 2 is 2.42 bits per heavy atom. The normalized spacial score (nSPS) is 9.50. The molecule has 0 aliphatic heterocycles. The minimum absolute atomic E-state index is 0.0577. The summed E-state index contributed by atoms with van der Waals surface area (Å²) in [5.74, 6) is -0.0577. The third-order valence-corrected chi connectivity index (χ3v) is 1.60. The molecule has 0 spiro atoms. The van der Waals surface area contributed by atoms with Crippen molar-refractivity contribution in [3.63, 3.8) is 0 Å². The molecule has 0 aliphatic rings. The van der Waals surface area contributed by atoms with Crippen molar-refractivity contribution >= 4 is 11.6 Å². The molecule has 0 aromatic carbocycles. The van der Waals surface area contributed by atoms with E-state index in [1.54, 1.807) is 12.4 Å². The van der Waals surface area contributed by atoms with Crippen LogP contribution in [-0.4, -0.2) is 10.9 Å². The van der Waals surface area contributed by atoms with Gasteiger partial charge in [0.15, 0.2) is 0 Å². The second-order valence-corrected chi connectivity index (χ2v) is 2.57. The van der Waals surface area contributed by atoms with Gasteiger partial charge in [-0.25, -0.2) is 0 Å². The van der Waals surface area contributed by atoms with Gasteiger partial charge in [-0.05, 0) is 18.1 Å². The predicted molar refractivity (Wildman–Crippen MR) is 47.9 cm³/mol. The zero-order valence-electron chi connectivity index (χ0n) is 7.29. The Labute approximate surface area is 71.8 Å². The van der Waals surface area contributed by atoms with Crippen molar-refractivity contribution in [2.24, 2.45) is 0 Å². The maximum absolute atomic E-state index is 10.7. The van der Waals surface area contributed by atoms with E-state index in [2.05, 4.69) is 10.3 Å². The Kier molecular flexibility index (Phi) is 2.80. The first-order valence-electron chi connectivity index (χ1n) is 3.94. The zero-order chi connectivity index (χ0) is 8.97. The first-order chi connectivity index (χ1) is 5.74. The van der Waals surface area contributed by atoms with Gasteiger partial charge < -0.3 is 5.32 Å². The number of hydrogen-bond acceptors (Lipinski definition) is 2. The van der Waals surface area contributed by atoms with Gasteiger partial charge in [0, 0.05) is 13.1 Å². The van der Waals surface area contributed by atoms with Crippen LogP contribution in [0.4, 0.5) is 5.69 Å². The maximum atomic E-state index is 10.7. The molecule has 0 atom stereocenters. The average Bonchev–Trinajstić information content (AvgIpc) is 2.04. The van der Waals surface area contributed by atoms with Crippen LogP contribution in [0.3, 0.4) is 0 Å². The summed E-state index contributed by atoms with van der Waals surface area (Å²) >= 11 is 0. The van der Waals surface area contributed by atoms with Crippen LogP contribution in [0, 0.1) is 0 Å². The average molecular weight is 164 g/mol. The van der Waals surface area contributed by atoms with E-state index >= 15 is 0 Å². The fourth-order valence-electron chi connectivity index (χ4n) is 1.03. The van der Waals surface area contributed by atoms with E-state index < -0.39 is 0 Å². The van der Waals surface area contributed by atoms with Crippen molar-refractivity contribution in [1.82, 2.24) is 4.98 Å². The number of carbonyl (C=O) groups is 1. The molecule has 64 valence electrons. The molecule has 0 saturated carbocycles. The molecule has 3 heteroatoms. The number of pyridine rings is 1. The third kappa shape index (κ3) is 2.05. The Morgan fingerprint density at radius 3 is 3.00 bits per heavy atom. The van der Waals surface area contributed by atoms with Crippen LogP contribution in [0.15, 0.2) is 18.5 Å². The van der Waals surface area contributed by atoms with E-state index in [4.69, 9.17) is 0 Å². The summed E-state index contributed by atoms with van der Waals surface area (Å²) in [6.45, 7) is 3.53. The van der Waals surface area contributed by atoms with Crippen molar-refractivity contribution in [2.45, 2.75) is 20.3 Å². The van der Waals surface area contributed by atoms with Crippen LogP contribution >= 0.6 is 0 Å². The lowest BCUT2D eigenvalue weighted by Crippen LogP contribution is -2.08. The molecule has 3 nitrogen and oxygen atoms in total. The lowest BCUT2D eigenvalue weighted by Gasteiger charge is -2.05. The van der Waals surface area contributed by atoms with Gasteiger partial charge >= 0.3 is 0 Å². The largest absolute Gasteiger partial charge is 0.325 e. The fraction of sp³-hybridized carbons (Fsp3) is 0.333. The van der Waals surface area contributed by atoms with Gasteiger partial charge in [0.25, 0.3) is 0 Å². The topological polar surface area (TPSA) is 42.0 Å². The SMILES string of the molecule is CCc1ccncc1NC(C)=O. The minimum atomic E-state index is -0.0577. The van der Waals surface area contributed by atoms with Crippen molar-refractivity contribution in [3.05, 3.63) is 24.0 Å². The fourth-order valence-corrected chi connectivity index (χ4v) is 1.03. The highest BCUT2D eigenvalue weighted by atomic mass is 16.1. The molecule has 1 amide bonds. The van der Waals surface area contributed by atoms with Crippen LogP contribution in [0.25, 0.3) is 0 Å². The van der Waals surface area contributed by atoms with E-state index in [1.165, 1.54) is 6.92 Å². The molecule has 1 aromatic rings. The molecule has 0 bridgehead atoms. The lowest BCUT2D eigenvalue weighted by molar-refractivity contribution is -0.114. The van der Waals surface area contributed by atoms with Crippen LogP contribution in [0.1, 0.15) is 19.4 Å². The van der Waals surface area contributed by atoms with Crippen LogP contribution in [-0.2, 0) is 11.2 Å². The van der Waals surface area contributed by atoms with Gasteiger partial charge in [0.1, 0.15) is 0 Å². The number of aromatic nitrogens is 1. The summed E-state index contributed by atoms with van der Waals surface area (Å²) in [5, 5.41) is 2.72. The summed E-state index contributed by atoms with van der Waals surface area (Å²) < 4.78 is 0. The lowest BCUT2D eigenvalue weighted by atomic mass is 10.2. The first-order valence-corrected chi connectivity index (χ1v) is 3.94. The van der Waals surface area contributed by atoms with Gasteiger partial charge in [0.05, 0.1) is 11.9 Å². The molecule has 1 heterocycles. The molecule has 0 radical (unpaired) electrons. The Balaban J connectivity index is 2.89. The van der Waals surface area contributed by atoms with Gasteiger partial charge in [0.2, 0.25) is 5.91 Å². The van der Waals surface area contributed by atoms with E-state index in [0.717, 1.165) is 17.7 Å². The molecular weight excluding hydrogens is 152 g/mol. The van der Waals surface area contributed by atoms with Gasteiger partial charge in [-0.2, -0.15) is 0 Å². The third-order valence-electron chi connectivity index (χ3n) is 1.60. The first kappa shape index (κ1) is 8.71. The van der Waals surface area contributed by atoms with Crippen LogP contribution < -0.4 is 5.32 Å². The minimum Gasteiger partial charge on any atom is -0.325 e. The van der Waals surface area contributed by atoms with E-state index in [-0.39, 0.29) is 5.91 Å². The molecule has 0 aliphatic carbocycles. The van der Waals surface area contributed by atoms with Crippen molar-refractivity contribution < 1.29 is 4.79 Å². The Bertz CT molecular complexity index is 284. The second-order valence-electron chi connectivity index (χ2n) is 2.57. The molecule has 12 heavy (non-hydrogen) atoms. The number of nitrogens with one attached hydrogen (secondary N) is 1. The summed E-state index contributed by atoms with van der Waals surface area (Å²) in [6.07, 6.45) is 4.29. The Morgan fingerprint density at radius 1 is 1.67 bits per heavy atom. The van der Waals surface area contributed by atoms with E-state index in [9.17, 15) is 4.79 Å². The molecule has 0 fully saturated rings. The summed E-state index contributed by atoms with van der Waals surface area (Å²) in [4.78, 5) is 14.7. The van der Waals surface area contributed by atoms with E-state index in [0.29, 0.717) is 0 Å². The van der Waals surface area contributed by atoms with Crippen molar-refractivity contribution in [2.75, 3.05) is 5.32 Å². The monoisotopic (exact) mass is 164 g/mol. The molecular formula is C9H12N2O. The quantitative estimate of drug-likeness (QED) is 0.721. The second kappa shape index (κ2) is 3.85. The highest BCUT2D eigenvalue weighted by Crippen LogP contribution is 2.13. The van der Waals surface area contributed by atoms with Gasteiger partial charge in [-0.15, -0.1) is 0 Å². The van der Waals surface area contributed by atoms with Gasteiger partial charge in [-0.1, -0.05) is 6.92 Å². The van der Waals surface area contributed by atoms with Crippen molar-refractivity contribution in [3.8, 4) is 0 Å². The predicted octanol–water partition coefficient (Wildman–Crippen LogP) is 1.60. The molecule has 0 unspecified atom stereocenters. The van der Waals surface area contributed by atoms with Crippen LogP contribution in [0.2, 0.25) is 0 Å². The Hall–Kier alpha value is -1.38. The van der Waals surface area contributed by atoms with Crippen LogP contribution in [0.5, 0.6) is 0 Å². The summed E-state index contributed by atoms with van der Waals surface area (Å²) in [6, 6.07) is 1.91. The number of amides is 1. The number of nitrogens with zero attached hydrogens (tertiary/aromatic N) is 1. The number of carbonyl (C=O) groups excluding carboxylic acids is 1. The smallest absolute Gasteiger partial charge is 0.221 e. The molecule has 1 aromatic heterocycles. The molecule has 1 N–H and O–H groups in total. The number of anilines is 1. The number of rotatable bonds is 2. The molecule has 0 saturated heterocycles. The zero-order valence-corrected chi connectivity index (χ0v) is 7.29. The highest BCUT2D eigenvalue weighted by molar-refractivity contribution is 5.89. The maximum Gasteiger partial charge on any atom is 0.221 e. The highest BCUT2D eigenvalue weighted by Gasteiger charge is 2.00. The summed E-state index contributed by atoms with van der Waals surface area (Å²) in [5.41, 5.74) is 1.92.